The smallest absolute Gasteiger partial charge is 0.337 e. The second-order valence-electron chi connectivity index (χ2n) is 3.53. The van der Waals surface area contributed by atoms with Crippen LogP contribution >= 0.6 is 0 Å². The van der Waals surface area contributed by atoms with Crippen molar-refractivity contribution in [3.63, 3.8) is 0 Å². The van der Waals surface area contributed by atoms with Gasteiger partial charge in [-0.05, 0) is 25.1 Å². The summed E-state index contributed by atoms with van der Waals surface area (Å²) in [6.45, 7) is 1.69. The molecule has 0 atom stereocenters. The lowest BCUT2D eigenvalue weighted by atomic mass is 10.1. The summed E-state index contributed by atoms with van der Waals surface area (Å²) in [5.74, 6) is -3.03. The fraction of sp³-hybridized carbons (Fsp3) is 0.250. The normalized spacial score (nSPS) is 9.74. The van der Waals surface area contributed by atoms with Gasteiger partial charge in [0.2, 0.25) is 0 Å². The number of esters is 1. The molecule has 0 spiro atoms. The van der Waals surface area contributed by atoms with Gasteiger partial charge in [0.1, 0.15) is 6.54 Å². The maximum Gasteiger partial charge on any atom is 0.337 e. The Bertz CT molecular complexity index is 511. The molecule has 0 aliphatic carbocycles. The molecular formula is C12H13NO6. The third kappa shape index (κ3) is 3.98. The van der Waals surface area contributed by atoms with Crippen LogP contribution in [0.25, 0.3) is 0 Å². The van der Waals surface area contributed by atoms with Gasteiger partial charge in [-0.2, -0.15) is 0 Å². The lowest BCUT2D eigenvalue weighted by Crippen LogP contribution is -2.18. The summed E-state index contributed by atoms with van der Waals surface area (Å²) in [7, 11) is 0. The van der Waals surface area contributed by atoms with Gasteiger partial charge in [0.15, 0.2) is 0 Å². The number of carboxylic acid groups (broad SMARTS) is 2. The van der Waals surface area contributed by atoms with Crippen molar-refractivity contribution in [2.45, 2.75) is 6.92 Å². The molecule has 3 N–H and O–H groups in total. The Hall–Kier alpha value is -2.57. The lowest BCUT2D eigenvalue weighted by molar-refractivity contribution is -0.140. The van der Waals surface area contributed by atoms with Gasteiger partial charge < -0.3 is 20.3 Å². The van der Waals surface area contributed by atoms with E-state index in [0.29, 0.717) is 0 Å². The second kappa shape index (κ2) is 6.39. The van der Waals surface area contributed by atoms with Crippen LogP contribution in [0.2, 0.25) is 0 Å². The molecule has 0 saturated heterocycles. The maximum absolute atomic E-state index is 11.1. The van der Waals surface area contributed by atoms with Gasteiger partial charge in [0.05, 0.1) is 17.7 Å². The molecule has 0 aliphatic heterocycles. The van der Waals surface area contributed by atoms with Crippen LogP contribution in [0.15, 0.2) is 18.2 Å². The van der Waals surface area contributed by atoms with Gasteiger partial charge in [-0.3, -0.25) is 4.79 Å². The highest BCUT2D eigenvalue weighted by atomic mass is 16.5. The van der Waals surface area contributed by atoms with Crippen molar-refractivity contribution in [1.29, 1.82) is 0 Å². The second-order valence-corrected chi connectivity index (χ2v) is 3.53. The molecule has 1 aromatic rings. The van der Waals surface area contributed by atoms with Crippen molar-refractivity contribution in [3.8, 4) is 0 Å². The van der Waals surface area contributed by atoms with E-state index in [0.717, 1.165) is 6.07 Å². The predicted molar refractivity (Wildman–Crippen MR) is 65.5 cm³/mol. The van der Waals surface area contributed by atoms with Crippen molar-refractivity contribution in [1.82, 2.24) is 0 Å². The zero-order valence-electron chi connectivity index (χ0n) is 10.2. The third-order valence-corrected chi connectivity index (χ3v) is 2.23. The summed E-state index contributed by atoms with van der Waals surface area (Å²) in [5, 5.41) is 20.4. The highest BCUT2D eigenvalue weighted by Gasteiger charge is 2.14. The monoisotopic (exact) mass is 267 g/mol. The van der Waals surface area contributed by atoms with Crippen LogP contribution in [-0.2, 0) is 9.53 Å². The summed E-state index contributed by atoms with van der Waals surface area (Å²) >= 11 is 0. The topological polar surface area (TPSA) is 113 Å². The Balaban J connectivity index is 2.91. The van der Waals surface area contributed by atoms with E-state index >= 15 is 0 Å². The van der Waals surface area contributed by atoms with E-state index in [2.05, 4.69) is 10.1 Å². The van der Waals surface area contributed by atoms with Gasteiger partial charge in [0.25, 0.3) is 0 Å². The van der Waals surface area contributed by atoms with Crippen LogP contribution in [0, 0.1) is 0 Å². The predicted octanol–water partition coefficient (Wildman–Crippen LogP) is 1.06. The first kappa shape index (κ1) is 14.5. The third-order valence-electron chi connectivity index (χ3n) is 2.23. The summed E-state index contributed by atoms with van der Waals surface area (Å²) in [4.78, 5) is 32.9. The number of carbonyl (C=O) groups excluding carboxylic acids is 1. The molecule has 7 nitrogen and oxygen atoms in total. The molecule has 102 valence electrons. The molecule has 0 fully saturated rings. The molecule has 1 rings (SSSR count). The van der Waals surface area contributed by atoms with E-state index in [1.807, 2.05) is 0 Å². The summed E-state index contributed by atoms with van der Waals surface area (Å²) in [5.41, 5.74) is -0.200. The minimum absolute atomic E-state index is 0.140. The van der Waals surface area contributed by atoms with E-state index < -0.39 is 17.9 Å². The minimum atomic E-state index is -1.28. The fourth-order valence-corrected chi connectivity index (χ4v) is 1.39. The summed E-state index contributed by atoms with van der Waals surface area (Å²) in [6.07, 6.45) is 0. The number of ether oxygens (including phenoxy) is 1. The first-order valence-electron chi connectivity index (χ1n) is 5.45. The van der Waals surface area contributed by atoms with Crippen LogP contribution in [0.3, 0.4) is 0 Å². The maximum atomic E-state index is 11.1. The highest BCUT2D eigenvalue weighted by molar-refractivity contribution is 5.98. The number of nitrogens with one attached hydrogen (secondary N) is 1. The Morgan fingerprint density at radius 3 is 2.42 bits per heavy atom. The number of hydrogen-bond donors (Lipinski definition) is 3. The van der Waals surface area contributed by atoms with Gasteiger partial charge in [0, 0.05) is 5.69 Å². The quantitative estimate of drug-likeness (QED) is 0.660. The zero-order valence-corrected chi connectivity index (χ0v) is 10.2. The Labute approximate surface area is 108 Å². The van der Waals surface area contributed by atoms with E-state index in [-0.39, 0.29) is 30.0 Å². The van der Waals surface area contributed by atoms with Crippen molar-refractivity contribution in [2.24, 2.45) is 0 Å². The SMILES string of the molecule is CCOC(=O)CNc1ccc(C(=O)O)cc1C(=O)O. The number of aromatic carboxylic acids is 2. The van der Waals surface area contributed by atoms with Crippen LogP contribution in [0.4, 0.5) is 5.69 Å². The Morgan fingerprint density at radius 1 is 1.21 bits per heavy atom. The molecule has 0 radical (unpaired) electrons. The number of carbonyl (C=O) groups is 3. The zero-order chi connectivity index (χ0) is 14.4. The average Bonchev–Trinajstić information content (AvgIpc) is 2.36. The van der Waals surface area contributed by atoms with Crippen LogP contribution < -0.4 is 5.32 Å². The van der Waals surface area contributed by atoms with Gasteiger partial charge in [-0.25, -0.2) is 9.59 Å². The summed E-state index contributed by atoms with van der Waals surface area (Å²) < 4.78 is 4.68. The number of anilines is 1. The minimum Gasteiger partial charge on any atom is -0.478 e. The molecule has 0 aliphatic rings. The Morgan fingerprint density at radius 2 is 1.89 bits per heavy atom. The fourth-order valence-electron chi connectivity index (χ4n) is 1.39. The molecule has 0 bridgehead atoms. The Kier molecular flexibility index (Phi) is 4.87. The van der Waals surface area contributed by atoms with Gasteiger partial charge >= 0.3 is 17.9 Å². The molecule has 0 unspecified atom stereocenters. The number of hydrogen-bond acceptors (Lipinski definition) is 5. The molecule has 0 amide bonds. The average molecular weight is 267 g/mol. The van der Waals surface area contributed by atoms with Crippen molar-refractivity contribution >= 4 is 23.6 Å². The largest absolute Gasteiger partial charge is 0.478 e. The van der Waals surface area contributed by atoms with E-state index in [1.54, 1.807) is 6.92 Å². The van der Waals surface area contributed by atoms with Crippen LogP contribution in [0.1, 0.15) is 27.6 Å². The molecule has 1 aromatic carbocycles. The molecule has 7 heteroatoms. The molecule has 19 heavy (non-hydrogen) atoms. The first-order chi connectivity index (χ1) is 8.95. The van der Waals surface area contributed by atoms with Crippen molar-refractivity contribution in [3.05, 3.63) is 29.3 Å². The summed E-state index contributed by atoms with van der Waals surface area (Å²) in [6, 6.07) is 3.58. The van der Waals surface area contributed by atoms with E-state index in [4.69, 9.17) is 10.2 Å². The molecule has 0 aromatic heterocycles. The van der Waals surface area contributed by atoms with Crippen molar-refractivity contribution in [2.75, 3.05) is 18.5 Å². The van der Waals surface area contributed by atoms with E-state index in [9.17, 15) is 14.4 Å². The number of rotatable bonds is 6. The van der Waals surface area contributed by atoms with Crippen LogP contribution in [-0.4, -0.2) is 41.3 Å². The van der Waals surface area contributed by atoms with Gasteiger partial charge in [-0.15, -0.1) is 0 Å². The molecule has 0 saturated carbocycles. The lowest BCUT2D eigenvalue weighted by Gasteiger charge is -2.09. The molecular weight excluding hydrogens is 254 g/mol. The van der Waals surface area contributed by atoms with E-state index in [1.165, 1.54) is 12.1 Å². The van der Waals surface area contributed by atoms with Crippen LogP contribution in [0.5, 0.6) is 0 Å². The first-order valence-corrected chi connectivity index (χ1v) is 5.45. The number of carboxylic acids is 2. The highest BCUT2D eigenvalue weighted by Crippen LogP contribution is 2.17. The van der Waals surface area contributed by atoms with Crippen molar-refractivity contribution < 1.29 is 29.3 Å². The standard InChI is InChI=1S/C12H13NO6/c1-2-19-10(14)6-13-9-4-3-7(11(15)16)5-8(9)12(17)18/h3-5,13H,2,6H2,1H3,(H,15,16)(H,17,18). The molecule has 0 heterocycles. The number of benzene rings is 1. The van der Waals surface area contributed by atoms with Gasteiger partial charge in [-0.1, -0.05) is 0 Å².